The largest absolute Gasteiger partial charge is 0.376 e. The van der Waals surface area contributed by atoms with Gasteiger partial charge in [0.05, 0.1) is 23.0 Å². The highest BCUT2D eigenvalue weighted by molar-refractivity contribution is 8.00. The number of carbonyl (C=O) groups excluding carboxylic acids is 1. The van der Waals surface area contributed by atoms with Crippen LogP contribution in [0.2, 0.25) is 0 Å². The fourth-order valence-corrected chi connectivity index (χ4v) is 3.01. The molecule has 106 valence electrons. The Bertz CT molecular complexity index is 507. The third-order valence-electron chi connectivity index (χ3n) is 3.17. The Kier molecular flexibility index (Phi) is 5.45. The molecule has 2 atom stereocenters. The Balaban J connectivity index is 1.82. The molecule has 0 saturated carbocycles. The zero-order chi connectivity index (χ0) is 14.4. The van der Waals surface area contributed by atoms with Gasteiger partial charge in [-0.3, -0.25) is 4.79 Å². The summed E-state index contributed by atoms with van der Waals surface area (Å²) in [5, 5.41) is 11.6. The monoisotopic (exact) mass is 290 g/mol. The molecule has 20 heavy (non-hydrogen) atoms. The van der Waals surface area contributed by atoms with Gasteiger partial charge in [0.2, 0.25) is 5.91 Å². The van der Waals surface area contributed by atoms with Gasteiger partial charge in [0.1, 0.15) is 0 Å². The van der Waals surface area contributed by atoms with Crippen LogP contribution in [0.3, 0.4) is 0 Å². The number of thioether (sulfide) groups is 1. The second-order valence-corrected chi connectivity index (χ2v) is 6.19. The van der Waals surface area contributed by atoms with Crippen molar-refractivity contribution < 1.29 is 9.53 Å². The Hall–Kier alpha value is -1.51. The summed E-state index contributed by atoms with van der Waals surface area (Å²) in [6.07, 6.45) is 2.26. The van der Waals surface area contributed by atoms with E-state index in [2.05, 4.69) is 11.4 Å². The van der Waals surface area contributed by atoms with E-state index in [4.69, 9.17) is 10.00 Å². The van der Waals surface area contributed by atoms with Crippen LogP contribution >= 0.6 is 11.8 Å². The number of hydrogen-bond donors (Lipinski definition) is 1. The second-order valence-electron chi connectivity index (χ2n) is 4.78. The number of nitriles is 1. The van der Waals surface area contributed by atoms with Crippen molar-refractivity contribution in [3.05, 3.63) is 29.8 Å². The van der Waals surface area contributed by atoms with Crippen LogP contribution in [-0.4, -0.2) is 30.4 Å². The van der Waals surface area contributed by atoms with Gasteiger partial charge in [-0.15, -0.1) is 11.8 Å². The summed E-state index contributed by atoms with van der Waals surface area (Å²) >= 11 is 1.46. The van der Waals surface area contributed by atoms with Crippen molar-refractivity contribution in [1.29, 1.82) is 5.26 Å². The quantitative estimate of drug-likeness (QED) is 0.845. The summed E-state index contributed by atoms with van der Waals surface area (Å²) < 4.78 is 5.47. The van der Waals surface area contributed by atoms with E-state index in [0.29, 0.717) is 12.1 Å². The maximum Gasteiger partial charge on any atom is 0.233 e. The molecule has 0 bridgehead atoms. The predicted octanol–water partition coefficient (Wildman–Crippen LogP) is 2.33. The zero-order valence-electron chi connectivity index (χ0n) is 11.5. The number of hydrogen-bond acceptors (Lipinski definition) is 4. The third-order valence-corrected chi connectivity index (χ3v) is 4.27. The minimum atomic E-state index is -0.189. The molecule has 0 spiro atoms. The van der Waals surface area contributed by atoms with E-state index < -0.39 is 0 Å². The van der Waals surface area contributed by atoms with Crippen LogP contribution in [0.5, 0.6) is 0 Å². The van der Waals surface area contributed by atoms with Gasteiger partial charge in [-0.25, -0.2) is 0 Å². The molecule has 2 rings (SSSR count). The first-order chi connectivity index (χ1) is 9.69. The van der Waals surface area contributed by atoms with E-state index in [1.165, 1.54) is 11.8 Å². The van der Waals surface area contributed by atoms with Crippen molar-refractivity contribution in [3.8, 4) is 6.07 Å². The van der Waals surface area contributed by atoms with Gasteiger partial charge in [0, 0.05) is 18.0 Å². The lowest BCUT2D eigenvalue weighted by molar-refractivity contribution is -0.120. The summed E-state index contributed by atoms with van der Waals surface area (Å²) in [6, 6.07) is 9.40. The van der Waals surface area contributed by atoms with Crippen LogP contribution in [-0.2, 0) is 9.53 Å². The van der Waals surface area contributed by atoms with E-state index >= 15 is 0 Å². The molecule has 0 radical (unpaired) electrons. The molecular weight excluding hydrogens is 272 g/mol. The number of nitrogens with one attached hydrogen (secondary N) is 1. The van der Waals surface area contributed by atoms with Crippen molar-refractivity contribution in [3.63, 3.8) is 0 Å². The molecule has 0 aliphatic carbocycles. The van der Waals surface area contributed by atoms with Crippen molar-refractivity contribution in [1.82, 2.24) is 5.32 Å². The van der Waals surface area contributed by atoms with Gasteiger partial charge in [-0.2, -0.15) is 5.26 Å². The molecule has 1 saturated heterocycles. The summed E-state index contributed by atoms with van der Waals surface area (Å²) in [5.41, 5.74) is 0.613. The Labute approximate surface area is 123 Å². The fraction of sp³-hybridized carbons (Fsp3) is 0.467. The zero-order valence-corrected chi connectivity index (χ0v) is 12.3. The molecule has 1 fully saturated rings. The number of amides is 1. The number of nitrogens with zero attached hydrogens (tertiary/aromatic N) is 1. The highest BCUT2D eigenvalue weighted by Crippen LogP contribution is 2.24. The highest BCUT2D eigenvalue weighted by atomic mass is 32.2. The van der Waals surface area contributed by atoms with E-state index in [0.717, 1.165) is 24.3 Å². The van der Waals surface area contributed by atoms with Gasteiger partial charge in [0.15, 0.2) is 0 Å². The molecule has 0 aromatic heterocycles. The predicted molar refractivity (Wildman–Crippen MR) is 78.5 cm³/mol. The molecule has 1 N–H and O–H groups in total. The summed E-state index contributed by atoms with van der Waals surface area (Å²) in [4.78, 5) is 12.9. The van der Waals surface area contributed by atoms with E-state index in [1.54, 1.807) is 12.1 Å². The van der Waals surface area contributed by atoms with Crippen molar-refractivity contribution in [2.24, 2.45) is 0 Å². The topological polar surface area (TPSA) is 62.1 Å². The molecule has 2 unspecified atom stereocenters. The lowest BCUT2D eigenvalue weighted by atomic mass is 10.2. The van der Waals surface area contributed by atoms with Crippen LogP contribution in [0.1, 0.15) is 25.3 Å². The van der Waals surface area contributed by atoms with Gasteiger partial charge < -0.3 is 10.1 Å². The Morgan fingerprint density at radius 1 is 1.65 bits per heavy atom. The minimum absolute atomic E-state index is 0.00728. The Morgan fingerprint density at radius 3 is 3.20 bits per heavy atom. The molecule has 1 aromatic carbocycles. The third kappa shape index (κ3) is 4.26. The van der Waals surface area contributed by atoms with E-state index in [-0.39, 0.29) is 17.3 Å². The first kappa shape index (κ1) is 14.9. The van der Waals surface area contributed by atoms with Gasteiger partial charge in [-0.05, 0) is 38.0 Å². The van der Waals surface area contributed by atoms with Crippen molar-refractivity contribution in [2.45, 2.75) is 36.0 Å². The number of ether oxygens (including phenoxy) is 1. The fourth-order valence-electron chi connectivity index (χ4n) is 2.06. The maximum absolute atomic E-state index is 12.0. The van der Waals surface area contributed by atoms with Crippen LogP contribution in [0, 0.1) is 11.3 Å². The number of benzene rings is 1. The lowest BCUT2D eigenvalue weighted by Crippen LogP contribution is -2.36. The Morgan fingerprint density at radius 2 is 2.50 bits per heavy atom. The SMILES string of the molecule is CC(Sc1cccc(C#N)c1)C(=O)NCC1CCCO1. The maximum atomic E-state index is 12.0. The molecule has 1 heterocycles. The molecule has 4 nitrogen and oxygen atoms in total. The average molecular weight is 290 g/mol. The number of carbonyl (C=O) groups is 1. The first-order valence-electron chi connectivity index (χ1n) is 6.75. The second kappa shape index (κ2) is 7.32. The van der Waals surface area contributed by atoms with Gasteiger partial charge >= 0.3 is 0 Å². The number of rotatable bonds is 5. The standard InChI is InChI=1S/C15H18N2O2S/c1-11(15(18)17-10-13-5-3-7-19-13)20-14-6-2-4-12(8-14)9-16/h2,4,6,8,11,13H,3,5,7,10H2,1H3,(H,17,18). The van der Waals surface area contributed by atoms with E-state index in [9.17, 15) is 4.79 Å². The normalized spacial score (nSPS) is 19.3. The van der Waals surface area contributed by atoms with Crippen LogP contribution in [0.25, 0.3) is 0 Å². The smallest absolute Gasteiger partial charge is 0.233 e. The molecule has 1 aromatic rings. The van der Waals surface area contributed by atoms with Crippen LogP contribution in [0.4, 0.5) is 0 Å². The molecule has 1 amide bonds. The average Bonchev–Trinajstić information content (AvgIpc) is 2.98. The molecule has 1 aliphatic rings. The van der Waals surface area contributed by atoms with Gasteiger partial charge in [0.25, 0.3) is 0 Å². The molecule has 5 heteroatoms. The summed E-state index contributed by atoms with van der Waals surface area (Å²) in [6.45, 7) is 3.25. The van der Waals surface area contributed by atoms with Crippen molar-refractivity contribution in [2.75, 3.05) is 13.2 Å². The molecule has 1 aliphatic heterocycles. The van der Waals surface area contributed by atoms with Crippen LogP contribution in [0.15, 0.2) is 29.2 Å². The molecular formula is C15H18N2O2S. The minimum Gasteiger partial charge on any atom is -0.376 e. The summed E-state index contributed by atoms with van der Waals surface area (Å²) in [7, 11) is 0. The lowest BCUT2D eigenvalue weighted by Gasteiger charge is -2.14. The van der Waals surface area contributed by atoms with Crippen LogP contribution < -0.4 is 5.32 Å². The van der Waals surface area contributed by atoms with Crippen molar-refractivity contribution >= 4 is 17.7 Å². The van der Waals surface area contributed by atoms with Gasteiger partial charge in [-0.1, -0.05) is 6.07 Å². The first-order valence-corrected chi connectivity index (χ1v) is 7.63. The highest BCUT2D eigenvalue weighted by Gasteiger charge is 2.19. The summed E-state index contributed by atoms with van der Waals surface area (Å²) in [5.74, 6) is 0.00728. The van der Waals surface area contributed by atoms with E-state index in [1.807, 2.05) is 19.1 Å².